The molecule has 0 aromatic heterocycles. The maximum absolute atomic E-state index is 6.88. The van der Waals surface area contributed by atoms with Crippen LogP contribution in [-0.2, 0) is 12.8 Å². The third-order valence-electron chi connectivity index (χ3n) is 11.3. The van der Waals surface area contributed by atoms with Gasteiger partial charge in [-0.15, -0.1) is 0 Å². The SMILES string of the molecule is C=CCOc1c(CCCCC)cc(CCCCC)cc1[Si](CC)(CC)C1c2cc(-c3ccccc3)ccc2-c2ccc(-c3ccccc3)cc21. The fourth-order valence-electron chi connectivity index (χ4n) is 8.58. The zero-order valence-corrected chi connectivity index (χ0v) is 31.9. The number of fused-ring (bicyclic) bond motifs is 3. The molecule has 5 aromatic carbocycles. The summed E-state index contributed by atoms with van der Waals surface area (Å²) in [6, 6.07) is 43.9. The highest BCUT2D eigenvalue weighted by atomic mass is 28.3. The molecule has 0 heterocycles. The summed E-state index contributed by atoms with van der Waals surface area (Å²) >= 11 is 0. The highest BCUT2D eigenvalue weighted by molar-refractivity contribution is 6.94. The van der Waals surface area contributed by atoms with Gasteiger partial charge < -0.3 is 4.74 Å². The largest absolute Gasteiger partial charge is 0.489 e. The van der Waals surface area contributed by atoms with Crippen LogP contribution in [0.5, 0.6) is 5.75 Å². The topological polar surface area (TPSA) is 9.23 Å². The second-order valence-corrected chi connectivity index (χ2v) is 19.1. The molecule has 0 spiro atoms. The first-order valence-electron chi connectivity index (χ1n) is 19.4. The smallest absolute Gasteiger partial charge is 0.122 e. The number of hydrogen-bond donors (Lipinski definition) is 0. The van der Waals surface area contributed by atoms with Gasteiger partial charge in [-0.1, -0.05) is 187 Å². The van der Waals surface area contributed by atoms with Crippen molar-refractivity contribution in [1.29, 1.82) is 0 Å². The van der Waals surface area contributed by atoms with Gasteiger partial charge in [0.15, 0.2) is 0 Å². The summed E-state index contributed by atoms with van der Waals surface area (Å²) in [5.41, 5.74) is 14.2. The molecule has 1 aliphatic carbocycles. The Hall–Kier alpha value is -4.14. The molecule has 0 radical (unpaired) electrons. The second-order valence-electron chi connectivity index (χ2n) is 14.3. The molecule has 6 rings (SSSR count). The minimum atomic E-state index is -2.35. The lowest BCUT2D eigenvalue weighted by Crippen LogP contribution is -2.53. The maximum atomic E-state index is 6.88. The van der Waals surface area contributed by atoms with Gasteiger partial charge in [-0.25, -0.2) is 0 Å². The Kier molecular flexibility index (Phi) is 11.9. The Bertz CT molecular complexity index is 1780. The van der Waals surface area contributed by atoms with Crippen LogP contribution in [0.25, 0.3) is 33.4 Å². The average molecular weight is 677 g/mol. The van der Waals surface area contributed by atoms with E-state index >= 15 is 0 Å². The van der Waals surface area contributed by atoms with Crippen LogP contribution in [0.4, 0.5) is 0 Å². The Labute approximate surface area is 303 Å². The van der Waals surface area contributed by atoms with Gasteiger partial charge in [0.2, 0.25) is 0 Å². The molecular weight excluding hydrogens is 621 g/mol. The molecule has 1 nitrogen and oxygen atoms in total. The Morgan fingerprint density at radius 3 is 1.64 bits per heavy atom. The van der Waals surface area contributed by atoms with Crippen molar-refractivity contribution in [2.24, 2.45) is 0 Å². The lowest BCUT2D eigenvalue weighted by atomic mass is 9.98. The predicted molar refractivity (Wildman–Crippen MR) is 220 cm³/mol. The normalized spacial score (nSPS) is 12.5. The van der Waals surface area contributed by atoms with Crippen LogP contribution in [0, 0.1) is 0 Å². The highest BCUT2D eigenvalue weighted by Gasteiger charge is 2.48. The van der Waals surface area contributed by atoms with Crippen LogP contribution in [0.3, 0.4) is 0 Å². The molecule has 0 N–H and O–H groups in total. The minimum Gasteiger partial charge on any atom is -0.489 e. The Morgan fingerprint density at radius 1 is 0.600 bits per heavy atom. The first-order valence-corrected chi connectivity index (χ1v) is 21.9. The van der Waals surface area contributed by atoms with E-state index in [1.807, 2.05) is 6.08 Å². The standard InChI is InChI=1S/C48H56OSi/c1-6-11-15-21-36-32-41(26-16-12-7-2)47(49-31-8-3)46(33-36)50(9-4,10-5)48-44-34-39(37-22-17-13-18-23-37)27-29-42(44)43-30-28-40(35-45(43)48)38-24-19-14-20-25-38/h8,13-14,17-20,22-25,27-30,32-35,48H,3,6-7,9-12,15-16,21,26,31H2,1-2,4-5H3. The van der Waals surface area contributed by atoms with E-state index in [1.165, 1.54) is 105 Å². The van der Waals surface area contributed by atoms with E-state index in [0.29, 0.717) is 12.1 Å². The third-order valence-corrected chi connectivity index (χ3v) is 17.0. The number of aryl methyl sites for hydroxylation is 2. The van der Waals surface area contributed by atoms with Gasteiger partial charge in [0.05, 0.1) is 0 Å². The van der Waals surface area contributed by atoms with Crippen LogP contribution in [-0.4, -0.2) is 14.7 Å². The van der Waals surface area contributed by atoms with Crippen LogP contribution < -0.4 is 9.92 Å². The van der Waals surface area contributed by atoms with Gasteiger partial charge >= 0.3 is 0 Å². The molecule has 5 aromatic rings. The van der Waals surface area contributed by atoms with Crippen molar-refractivity contribution in [3.05, 3.63) is 144 Å². The first-order chi connectivity index (χ1) is 24.6. The van der Waals surface area contributed by atoms with Crippen molar-refractivity contribution >= 4 is 13.3 Å². The average Bonchev–Trinajstić information content (AvgIpc) is 3.49. The Morgan fingerprint density at radius 2 is 1.14 bits per heavy atom. The number of rotatable bonds is 17. The highest BCUT2D eigenvalue weighted by Crippen LogP contribution is 2.53. The van der Waals surface area contributed by atoms with E-state index < -0.39 is 8.07 Å². The molecule has 258 valence electrons. The number of ether oxygens (including phenoxy) is 1. The summed E-state index contributed by atoms with van der Waals surface area (Å²) in [4.78, 5) is 0. The van der Waals surface area contributed by atoms with E-state index in [4.69, 9.17) is 4.74 Å². The quantitative estimate of drug-likeness (QED) is 0.0541. The van der Waals surface area contributed by atoms with Crippen LogP contribution in [0.2, 0.25) is 12.1 Å². The lowest BCUT2D eigenvalue weighted by Gasteiger charge is -2.39. The van der Waals surface area contributed by atoms with Gasteiger partial charge in [0.1, 0.15) is 20.4 Å². The molecule has 0 atom stereocenters. The van der Waals surface area contributed by atoms with E-state index in [-0.39, 0.29) is 0 Å². The molecule has 0 bridgehead atoms. The maximum Gasteiger partial charge on any atom is 0.122 e. The van der Waals surface area contributed by atoms with E-state index in [2.05, 4.69) is 143 Å². The van der Waals surface area contributed by atoms with Gasteiger partial charge in [-0.2, -0.15) is 0 Å². The summed E-state index contributed by atoms with van der Waals surface area (Å²) in [5.74, 6) is 1.17. The van der Waals surface area contributed by atoms with Gasteiger partial charge in [0.25, 0.3) is 0 Å². The molecule has 50 heavy (non-hydrogen) atoms. The molecule has 0 saturated carbocycles. The number of unbranched alkanes of at least 4 members (excludes halogenated alkanes) is 4. The number of benzene rings is 5. The van der Waals surface area contributed by atoms with Crippen LogP contribution in [0.15, 0.2) is 122 Å². The molecule has 0 amide bonds. The fourth-order valence-corrected chi connectivity index (χ4v) is 13.8. The van der Waals surface area contributed by atoms with Gasteiger partial charge in [0, 0.05) is 5.54 Å². The lowest BCUT2D eigenvalue weighted by molar-refractivity contribution is 0.361. The van der Waals surface area contributed by atoms with Crippen LogP contribution in [0.1, 0.15) is 94.0 Å². The summed E-state index contributed by atoms with van der Waals surface area (Å²) in [5, 5.41) is 1.53. The summed E-state index contributed by atoms with van der Waals surface area (Å²) in [6.45, 7) is 14.2. The zero-order chi connectivity index (χ0) is 34.9. The zero-order valence-electron chi connectivity index (χ0n) is 30.9. The molecule has 2 heteroatoms. The van der Waals surface area contributed by atoms with E-state index in [9.17, 15) is 0 Å². The first kappa shape index (κ1) is 35.7. The molecule has 0 aliphatic heterocycles. The second kappa shape index (κ2) is 16.7. The molecule has 0 unspecified atom stereocenters. The fraction of sp³-hybridized carbons (Fsp3) is 0.333. The summed E-state index contributed by atoms with van der Waals surface area (Å²) in [6.07, 6.45) is 11.5. The van der Waals surface area contributed by atoms with Crippen molar-refractivity contribution in [3.8, 4) is 39.1 Å². The minimum absolute atomic E-state index is 0.315. The van der Waals surface area contributed by atoms with Crippen molar-refractivity contribution in [1.82, 2.24) is 0 Å². The molecule has 0 fully saturated rings. The van der Waals surface area contributed by atoms with E-state index in [0.717, 1.165) is 24.9 Å². The molecular formula is C48H56OSi. The monoisotopic (exact) mass is 676 g/mol. The third kappa shape index (κ3) is 7.19. The summed E-state index contributed by atoms with van der Waals surface area (Å²) < 4.78 is 6.88. The Balaban J connectivity index is 1.62. The van der Waals surface area contributed by atoms with Gasteiger partial charge in [-0.3, -0.25) is 0 Å². The van der Waals surface area contributed by atoms with E-state index in [1.54, 1.807) is 0 Å². The molecule has 0 saturated heterocycles. The van der Waals surface area contributed by atoms with Crippen molar-refractivity contribution in [2.75, 3.05) is 6.61 Å². The summed E-state index contributed by atoms with van der Waals surface area (Å²) in [7, 11) is -2.35. The van der Waals surface area contributed by atoms with Crippen molar-refractivity contribution in [2.45, 2.75) is 96.7 Å². The van der Waals surface area contributed by atoms with Crippen LogP contribution >= 0.6 is 0 Å². The number of hydrogen-bond acceptors (Lipinski definition) is 1. The molecule has 1 aliphatic rings. The van der Waals surface area contributed by atoms with Crippen molar-refractivity contribution in [3.63, 3.8) is 0 Å². The predicted octanol–water partition coefficient (Wildman–Crippen LogP) is 13.1. The van der Waals surface area contributed by atoms with Gasteiger partial charge in [-0.05, 0) is 86.5 Å². The van der Waals surface area contributed by atoms with Crippen molar-refractivity contribution < 1.29 is 4.74 Å².